The first-order chi connectivity index (χ1) is 9.81. The maximum absolute atomic E-state index is 12.9. The number of ether oxygens (including phenoxy) is 1. The van der Waals surface area contributed by atoms with Crippen molar-refractivity contribution in [2.45, 2.75) is 31.0 Å². The average molecular weight is 265 g/mol. The third-order valence-electron chi connectivity index (χ3n) is 4.29. The molecule has 1 aromatic heterocycles. The molecule has 2 aliphatic rings. The topological polar surface area (TPSA) is 42.5 Å². The Bertz CT molecular complexity index is 668. The highest BCUT2D eigenvalue weighted by atomic mass is 16.6. The number of hydrogen-bond donors (Lipinski definition) is 0. The van der Waals surface area contributed by atoms with E-state index in [2.05, 4.69) is 4.98 Å². The summed E-state index contributed by atoms with van der Waals surface area (Å²) in [7, 11) is 0. The number of Topliss-reactive ketones (excluding diaryl/α,β-unsaturated/α-hetero) is 1. The van der Waals surface area contributed by atoms with Gasteiger partial charge >= 0.3 is 0 Å². The fourth-order valence-electron chi connectivity index (χ4n) is 3.21. The average Bonchev–Trinajstić information content (AvgIpc) is 3.25. The van der Waals surface area contributed by atoms with Crippen molar-refractivity contribution >= 4 is 5.78 Å². The number of aryl methyl sites for hydroxylation is 1. The molecular formula is C17H15NO2. The molecule has 2 atom stereocenters. The quantitative estimate of drug-likeness (QED) is 0.744. The van der Waals surface area contributed by atoms with Crippen LogP contribution < -0.4 is 0 Å². The van der Waals surface area contributed by atoms with Gasteiger partial charge in [0.15, 0.2) is 11.4 Å². The first-order valence-electron chi connectivity index (χ1n) is 7.03. The van der Waals surface area contributed by atoms with E-state index in [-0.39, 0.29) is 11.9 Å². The SMILES string of the molecule is O=C1c2ccccc2CCC[C@@]12O[C@H]2c1ccccn1. The Morgan fingerprint density at radius 3 is 2.85 bits per heavy atom. The largest absolute Gasteiger partial charge is 0.351 e. The Hall–Kier alpha value is -2.00. The highest BCUT2D eigenvalue weighted by Gasteiger charge is 2.63. The number of aromatic nitrogens is 1. The zero-order valence-electron chi connectivity index (χ0n) is 11.1. The normalized spacial score (nSPS) is 28.0. The summed E-state index contributed by atoms with van der Waals surface area (Å²) >= 11 is 0. The highest BCUT2D eigenvalue weighted by molar-refractivity contribution is 6.06. The summed E-state index contributed by atoms with van der Waals surface area (Å²) < 4.78 is 5.87. The van der Waals surface area contributed by atoms with Gasteiger partial charge in [0.2, 0.25) is 0 Å². The number of benzene rings is 1. The molecule has 0 amide bonds. The zero-order chi connectivity index (χ0) is 13.6. The number of fused-ring (bicyclic) bond motifs is 1. The van der Waals surface area contributed by atoms with E-state index in [9.17, 15) is 4.79 Å². The number of rotatable bonds is 1. The molecule has 3 heteroatoms. The first-order valence-corrected chi connectivity index (χ1v) is 7.03. The van der Waals surface area contributed by atoms with Gasteiger partial charge in [-0.25, -0.2) is 0 Å². The van der Waals surface area contributed by atoms with E-state index in [1.54, 1.807) is 6.20 Å². The van der Waals surface area contributed by atoms with Gasteiger partial charge in [-0.15, -0.1) is 0 Å². The molecule has 3 nitrogen and oxygen atoms in total. The standard InChI is InChI=1S/C17H15NO2/c19-15-13-8-2-1-6-12(13)7-5-10-17(15)16(20-17)14-9-3-4-11-18-14/h1-4,6,8-9,11,16H,5,7,10H2/t16-,17+/m0/s1. The lowest BCUT2D eigenvalue weighted by molar-refractivity contribution is 0.0867. The zero-order valence-corrected chi connectivity index (χ0v) is 11.1. The number of carbonyl (C=O) groups excluding carboxylic acids is 1. The van der Waals surface area contributed by atoms with Crippen LogP contribution in [0.5, 0.6) is 0 Å². The van der Waals surface area contributed by atoms with Gasteiger partial charge in [-0.05, 0) is 37.0 Å². The fraction of sp³-hybridized carbons (Fsp3) is 0.294. The van der Waals surface area contributed by atoms with E-state index >= 15 is 0 Å². The summed E-state index contributed by atoms with van der Waals surface area (Å²) in [5, 5.41) is 0. The van der Waals surface area contributed by atoms with Crippen molar-refractivity contribution in [2.75, 3.05) is 0 Å². The molecule has 0 N–H and O–H groups in total. The molecule has 1 aliphatic carbocycles. The van der Waals surface area contributed by atoms with Crippen molar-refractivity contribution < 1.29 is 9.53 Å². The third kappa shape index (κ3) is 1.63. The number of epoxide rings is 1. The van der Waals surface area contributed by atoms with Crippen LogP contribution in [0.25, 0.3) is 0 Å². The minimum absolute atomic E-state index is 0.126. The first kappa shape index (κ1) is 11.8. The minimum Gasteiger partial charge on any atom is -0.351 e. The van der Waals surface area contributed by atoms with Gasteiger partial charge in [-0.2, -0.15) is 0 Å². The van der Waals surface area contributed by atoms with Crippen molar-refractivity contribution in [3.05, 3.63) is 65.5 Å². The number of carbonyl (C=O) groups is 1. The molecule has 0 bridgehead atoms. The molecule has 2 heterocycles. The van der Waals surface area contributed by atoms with Crippen molar-refractivity contribution in [3.8, 4) is 0 Å². The van der Waals surface area contributed by atoms with Gasteiger partial charge in [-0.1, -0.05) is 30.3 Å². The molecule has 1 fully saturated rings. The Morgan fingerprint density at radius 2 is 2.00 bits per heavy atom. The van der Waals surface area contributed by atoms with Crippen LogP contribution in [-0.4, -0.2) is 16.4 Å². The number of hydrogen-bond acceptors (Lipinski definition) is 3. The van der Waals surface area contributed by atoms with Gasteiger partial charge in [0.25, 0.3) is 0 Å². The third-order valence-corrected chi connectivity index (χ3v) is 4.29. The van der Waals surface area contributed by atoms with Gasteiger partial charge in [0, 0.05) is 11.8 Å². The summed E-state index contributed by atoms with van der Waals surface area (Å²) in [6.45, 7) is 0. The monoisotopic (exact) mass is 265 g/mol. The predicted molar refractivity (Wildman–Crippen MR) is 74.5 cm³/mol. The predicted octanol–water partition coefficient (Wildman–Crippen LogP) is 3.11. The second kappa shape index (κ2) is 4.25. The van der Waals surface area contributed by atoms with E-state index in [1.807, 2.05) is 42.5 Å². The van der Waals surface area contributed by atoms with Crippen LogP contribution in [0, 0.1) is 0 Å². The molecule has 20 heavy (non-hydrogen) atoms. The van der Waals surface area contributed by atoms with Crippen LogP contribution in [0.15, 0.2) is 48.7 Å². The van der Waals surface area contributed by atoms with E-state index in [0.29, 0.717) is 0 Å². The number of nitrogens with zero attached hydrogens (tertiary/aromatic N) is 1. The Balaban J connectivity index is 1.73. The number of ketones is 1. The van der Waals surface area contributed by atoms with Crippen LogP contribution in [0.3, 0.4) is 0 Å². The minimum atomic E-state index is -0.666. The molecular weight excluding hydrogens is 250 g/mol. The lowest BCUT2D eigenvalue weighted by atomic mass is 9.90. The van der Waals surface area contributed by atoms with Crippen LogP contribution in [0.2, 0.25) is 0 Å². The molecule has 0 unspecified atom stereocenters. The molecule has 4 rings (SSSR count). The molecule has 0 saturated carbocycles. The molecule has 1 saturated heterocycles. The second-order valence-electron chi connectivity index (χ2n) is 5.48. The molecule has 1 aromatic carbocycles. The van der Waals surface area contributed by atoms with Crippen LogP contribution in [0.4, 0.5) is 0 Å². The van der Waals surface area contributed by atoms with Crippen molar-refractivity contribution in [3.63, 3.8) is 0 Å². The summed E-state index contributed by atoms with van der Waals surface area (Å²) in [5.41, 5.74) is 2.16. The molecule has 2 aromatic rings. The van der Waals surface area contributed by atoms with Crippen molar-refractivity contribution in [1.29, 1.82) is 0 Å². The lowest BCUT2D eigenvalue weighted by Gasteiger charge is -2.09. The Labute approximate surface area is 117 Å². The summed E-state index contributed by atoms with van der Waals surface area (Å²) in [6, 6.07) is 13.6. The lowest BCUT2D eigenvalue weighted by Crippen LogP contribution is -2.25. The molecule has 1 aliphatic heterocycles. The molecule has 0 radical (unpaired) electrons. The van der Waals surface area contributed by atoms with E-state index in [1.165, 1.54) is 0 Å². The molecule has 100 valence electrons. The Morgan fingerprint density at radius 1 is 1.15 bits per heavy atom. The maximum atomic E-state index is 12.9. The summed E-state index contributed by atoms with van der Waals surface area (Å²) in [5.74, 6) is 0.126. The van der Waals surface area contributed by atoms with Gasteiger partial charge in [0.05, 0.1) is 5.69 Å². The van der Waals surface area contributed by atoms with E-state index in [4.69, 9.17) is 4.74 Å². The summed E-state index contributed by atoms with van der Waals surface area (Å²) in [6.07, 6.45) is 4.28. The Kier molecular flexibility index (Phi) is 2.51. The van der Waals surface area contributed by atoms with Crippen LogP contribution in [0.1, 0.15) is 40.6 Å². The number of pyridine rings is 1. The van der Waals surface area contributed by atoms with Crippen LogP contribution >= 0.6 is 0 Å². The fourth-order valence-corrected chi connectivity index (χ4v) is 3.21. The maximum Gasteiger partial charge on any atom is 0.198 e. The van der Waals surface area contributed by atoms with Gasteiger partial charge < -0.3 is 4.74 Å². The second-order valence-corrected chi connectivity index (χ2v) is 5.48. The van der Waals surface area contributed by atoms with Crippen molar-refractivity contribution in [1.82, 2.24) is 4.98 Å². The van der Waals surface area contributed by atoms with E-state index in [0.717, 1.165) is 36.1 Å². The smallest absolute Gasteiger partial charge is 0.198 e. The van der Waals surface area contributed by atoms with Crippen LogP contribution in [-0.2, 0) is 11.2 Å². The summed E-state index contributed by atoms with van der Waals surface area (Å²) in [4.78, 5) is 17.2. The van der Waals surface area contributed by atoms with E-state index < -0.39 is 5.60 Å². The van der Waals surface area contributed by atoms with Gasteiger partial charge in [0.1, 0.15) is 6.10 Å². The van der Waals surface area contributed by atoms with Gasteiger partial charge in [-0.3, -0.25) is 9.78 Å². The van der Waals surface area contributed by atoms with Crippen molar-refractivity contribution in [2.24, 2.45) is 0 Å². The highest BCUT2D eigenvalue weighted by Crippen LogP contribution is 2.55. The molecule has 1 spiro atoms.